The minimum absolute atomic E-state index is 0.0852. The molecule has 0 radical (unpaired) electrons. The van der Waals surface area contributed by atoms with Crippen LogP contribution in [0.15, 0.2) is 59.4 Å². The first-order valence-electron chi connectivity index (χ1n) is 7.97. The van der Waals surface area contributed by atoms with E-state index in [2.05, 4.69) is 5.32 Å². The van der Waals surface area contributed by atoms with Crippen molar-refractivity contribution < 1.29 is 13.2 Å². The van der Waals surface area contributed by atoms with Crippen LogP contribution in [-0.4, -0.2) is 3.96 Å². The fourth-order valence-corrected chi connectivity index (χ4v) is 3.69. The zero-order valence-corrected chi connectivity index (χ0v) is 14.9. The molecule has 0 bridgehead atoms. The van der Waals surface area contributed by atoms with Gasteiger partial charge in [0.15, 0.2) is 5.56 Å². The van der Waals surface area contributed by atoms with E-state index < -0.39 is 17.3 Å². The molecule has 0 aliphatic carbocycles. The van der Waals surface area contributed by atoms with Crippen LogP contribution in [0.5, 0.6) is 0 Å². The van der Waals surface area contributed by atoms with Crippen LogP contribution < -0.4 is 10.9 Å². The Bertz CT molecular complexity index is 1050. The van der Waals surface area contributed by atoms with E-state index >= 15 is 0 Å². The molecular formula is C19H14F3N3OS. The predicted octanol–water partition coefficient (Wildman–Crippen LogP) is 5.15. The number of hydrogen-bond acceptors (Lipinski definition) is 4. The van der Waals surface area contributed by atoms with E-state index in [1.807, 2.05) is 30.3 Å². The van der Waals surface area contributed by atoms with E-state index in [-0.39, 0.29) is 22.3 Å². The maximum absolute atomic E-state index is 13.2. The third-order valence-corrected chi connectivity index (χ3v) is 5.22. The number of aromatic nitrogens is 1. The van der Waals surface area contributed by atoms with E-state index in [1.165, 1.54) is 22.2 Å². The highest BCUT2D eigenvalue weighted by atomic mass is 32.1. The zero-order valence-electron chi connectivity index (χ0n) is 14.1. The molecule has 1 N–H and O–H groups in total. The van der Waals surface area contributed by atoms with Gasteiger partial charge in [0.25, 0.3) is 5.56 Å². The van der Waals surface area contributed by atoms with Crippen LogP contribution in [0, 0.1) is 11.3 Å². The van der Waals surface area contributed by atoms with Gasteiger partial charge in [-0.3, -0.25) is 8.75 Å². The molecule has 2 aromatic carbocycles. The minimum Gasteiger partial charge on any atom is -0.344 e. The maximum Gasteiger partial charge on any atom is 0.418 e. The molecule has 8 heteroatoms. The average Bonchev–Trinajstić information content (AvgIpc) is 2.96. The summed E-state index contributed by atoms with van der Waals surface area (Å²) in [6.45, 7) is 1.79. The molecule has 0 fully saturated rings. The predicted molar refractivity (Wildman–Crippen MR) is 98.3 cm³/mol. The molecule has 0 spiro atoms. The summed E-state index contributed by atoms with van der Waals surface area (Å²) in [6.07, 6.45) is -4.55. The summed E-state index contributed by atoms with van der Waals surface area (Å²) in [5.41, 5.74) is -0.960. The lowest BCUT2D eigenvalue weighted by Crippen LogP contribution is -2.19. The normalized spacial score (nSPS) is 12.4. The number of alkyl halides is 3. The van der Waals surface area contributed by atoms with Gasteiger partial charge in [-0.2, -0.15) is 18.4 Å². The number of nitriles is 1. The quantitative estimate of drug-likeness (QED) is 0.671. The molecule has 0 unspecified atom stereocenters. The van der Waals surface area contributed by atoms with Crippen molar-refractivity contribution in [3.63, 3.8) is 0 Å². The smallest absolute Gasteiger partial charge is 0.344 e. The van der Waals surface area contributed by atoms with E-state index in [1.54, 1.807) is 13.0 Å². The Morgan fingerprint density at radius 1 is 1.11 bits per heavy atom. The molecule has 0 saturated heterocycles. The fraction of sp³-hybridized carbons (Fsp3) is 0.158. The molecule has 0 aliphatic rings. The van der Waals surface area contributed by atoms with Crippen molar-refractivity contribution in [2.75, 3.05) is 5.32 Å². The lowest BCUT2D eigenvalue weighted by atomic mass is 10.1. The summed E-state index contributed by atoms with van der Waals surface area (Å²) in [7, 11) is 0. The van der Waals surface area contributed by atoms with Gasteiger partial charge in [-0.05, 0) is 36.2 Å². The van der Waals surface area contributed by atoms with Crippen LogP contribution in [0.2, 0.25) is 0 Å². The summed E-state index contributed by atoms with van der Waals surface area (Å²) in [5.74, 6) is 0. The van der Waals surface area contributed by atoms with Crippen LogP contribution in [-0.2, 0) is 6.18 Å². The first-order valence-corrected chi connectivity index (χ1v) is 8.74. The highest BCUT2D eigenvalue weighted by Crippen LogP contribution is 2.37. The molecule has 0 aliphatic heterocycles. The topological polar surface area (TPSA) is 57.8 Å². The van der Waals surface area contributed by atoms with Gasteiger partial charge in [-0.1, -0.05) is 42.5 Å². The Labute approximate surface area is 157 Å². The third-order valence-electron chi connectivity index (χ3n) is 4.06. The lowest BCUT2D eigenvalue weighted by molar-refractivity contribution is -0.136. The van der Waals surface area contributed by atoms with Crippen LogP contribution >= 0.6 is 11.5 Å². The van der Waals surface area contributed by atoms with Gasteiger partial charge < -0.3 is 5.32 Å². The average molecular weight is 389 g/mol. The highest BCUT2D eigenvalue weighted by molar-refractivity contribution is 7.11. The van der Waals surface area contributed by atoms with Crippen molar-refractivity contribution >= 4 is 22.2 Å². The molecule has 1 aromatic heterocycles. The van der Waals surface area contributed by atoms with Crippen molar-refractivity contribution in [3.8, 4) is 6.07 Å². The molecule has 3 aromatic rings. The van der Waals surface area contributed by atoms with E-state index in [9.17, 15) is 23.2 Å². The van der Waals surface area contributed by atoms with Gasteiger partial charge >= 0.3 is 6.18 Å². The molecule has 3 rings (SSSR count). The molecule has 1 atom stereocenters. The number of nitrogens with zero attached hydrogens (tertiary/aromatic N) is 2. The van der Waals surface area contributed by atoms with Gasteiger partial charge in [0.2, 0.25) is 0 Å². The number of rotatable bonds is 4. The zero-order chi connectivity index (χ0) is 19.6. The monoisotopic (exact) mass is 389 g/mol. The van der Waals surface area contributed by atoms with Crippen LogP contribution in [0.25, 0.3) is 0 Å². The Morgan fingerprint density at radius 3 is 2.37 bits per heavy atom. The summed E-state index contributed by atoms with van der Waals surface area (Å²) < 4.78 is 41.0. The summed E-state index contributed by atoms with van der Waals surface area (Å²) in [5, 5.41) is 12.1. The van der Waals surface area contributed by atoms with E-state index in [0.29, 0.717) is 0 Å². The van der Waals surface area contributed by atoms with Crippen LogP contribution in [0.4, 0.5) is 23.9 Å². The van der Waals surface area contributed by atoms with Crippen molar-refractivity contribution in [2.24, 2.45) is 0 Å². The fourth-order valence-electron chi connectivity index (χ4n) is 2.66. The van der Waals surface area contributed by atoms with Gasteiger partial charge in [0.1, 0.15) is 11.1 Å². The number of hydrogen-bond donors (Lipinski definition) is 1. The second-order valence-corrected chi connectivity index (χ2v) is 6.78. The van der Waals surface area contributed by atoms with Crippen LogP contribution in [0.3, 0.4) is 0 Å². The molecule has 1 heterocycles. The second kappa shape index (κ2) is 7.29. The van der Waals surface area contributed by atoms with Crippen molar-refractivity contribution in [1.29, 1.82) is 5.26 Å². The van der Waals surface area contributed by atoms with Crippen molar-refractivity contribution in [2.45, 2.75) is 19.1 Å². The Hall–Kier alpha value is -3.05. The SMILES string of the molecule is C[C@@H](c1ccccc1)n1sc(Nc2ccccc2C(F)(F)F)c(C#N)c1=O. The van der Waals surface area contributed by atoms with Crippen LogP contribution in [0.1, 0.15) is 29.7 Å². The Morgan fingerprint density at radius 2 is 1.74 bits per heavy atom. The number of halogens is 3. The number of para-hydroxylation sites is 1. The van der Waals surface area contributed by atoms with Gasteiger partial charge in [0, 0.05) is 0 Å². The van der Waals surface area contributed by atoms with E-state index in [0.717, 1.165) is 23.2 Å². The van der Waals surface area contributed by atoms with Gasteiger partial charge in [0.05, 0.1) is 17.3 Å². The first kappa shape index (κ1) is 18.7. The molecule has 0 amide bonds. The second-order valence-electron chi connectivity index (χ2n) is 5.79. The summed E-state index contributed by atoms with van der Waals surface area (Å²) in [6, 6.07) is 15.6. The highest BCUT2D eigenvalue weighted by Gasteiger charge is 2.33. The number of benzene rings is 2. The molecular weight excluding hydrogens is 375 g/mol. The van der Waals surface area contributed by atoms with Crippen molar-refractivity contribution in [3.05, 3.63) is 81.6 Å². The molecule has 27 heavy (non-hydrogen) atoms. The van der Waals surface area contributed by atoms with Gasteiger partial charge in [-0.15, -0.1) is 0 Å². The summed E-state index contributed by atoms with van der Waals surface area (Å²) >= 11 is 0.931. The van der Waals surface area contributed by atoms with Crippen molar-refractivity contribution in [1.82, 2.24) is 3.96 Å². The molecule has 4 nitrogen and oxygen atoms in total. The minimum atomic E-state index is -4.55. The number of anilines is 2. The van der Waals surface area contributed by atoms with Gasteiger partial charge in [-0.25, -0.2) is 0 Å². The third kappa shape index (κ3) is 3.73. The first-order chi connectivity index (χ1) is 12.8. The lowest BCUT2D eigenvalue weighted by Gasteiger charge is -2.14. The Balaban J connectivity index is 2.04. The maximum atomic E-state index is 13.2. The number of nitrogens with one attached hydrogen (secondary N) is 1. The van der Waals surface area contributed by atoms with E-state index in [4.69, 9.17) is 0 Å². The molecule has 0 saturated carbocycles. The largest absolute Gasteiger partial charge is 0.418 e. The molecule has 138 valence electrons. The standard InChI is InChI=1S/C19H14F3N3OS/c1-12(13-7-3-2-4-8-13)25-18(26)14(11-23)17(27-25)24-16-10-6-5-9-15(16)19(20,21)22/h2-10,12,24H,1H3/t12-/m0/s1. The Kier molecular flexibility index (Phi) is 5.06. The summed E-state index contributed by atoms with van der Waals surface area (Å²) in [4.78, 5) is 12.6.